The highest BCUT2D eigenvalue weighted by Gasteiger charge is 2.17. The number of fused-ring (bicyclic) bond motifs is 2. The number of methoxy groups -OCH3 is 2. The number of H-pyrrole nitrogens is 2. The third-order valence-corrected chi connectivity index (χ3v) is 5.36. The number of nitrogens with zero attached hydrogens (tertiary/aromatic N) is 3. The highest BCUT2D eigenvalue weighted by Crippen LogP contribution is 2.36. The van der Waals surface area contributed by atoms with Gasteiger partial charge in [0, 0.05) is 30.6 Å². The van der Waals surface area contributed by atoms with E-state index in [4.69, 9.17) is 9.47 Å². The summed E-state index contributed by atoms with van der Waals surface area (Å²) >= 11 is 0. The van der Waals surface area contributed by atoms with Gasteiger partial charge < -0.3 is 19.4 Å². The molecule has 5 rings (SSSR count). The van der Waals surface area contributed by atoms with E-state index >= 15 is 0 Å². The maximum Gasteiger partial charge on any atom is 0.261 e. The summed E-state index contributed by atoms with van der Waals surface area (Å²) < 4.78 is 12.2. The highest BCUT2D eigenvalue weighted by molar-refractivity contribution is 6.06. The first-order chi connectivity index (χ1) is 15.7. The normalized spacial score (nSPS) is 11.3. The van der Waals surface area contributed by atoms with Crippen LogP contribution in [0.4, 0.5) is 5.95 Å². The molecule has 162 valence electrons. The fourth-order valence-corrected chi connectivity index (χ4v) is 3.79. The number of anilines is 1. The van der Waals surface area contributed by atoms with Gasteiger partial charge in [0.1, 0.15) is 16.8 Å². The Hall–Kier alpha value is -4.11. The second-order valence-electron chi connectivity index (χ2n) is 7.31. The molecule has 9 heteroatoms. The van der Waals surface area contributed by atoms with Crippen molar-refractivity contribution in [3.63, 3.8) is 0 Å². The van der Waals surface area contributed by atoms with Crippen LogP contribution in [-0.2, 0) is 11.3 Å². The van der Waals surface area contributed by atoms with Gasteiger partial charge in [0.15, 0.2) is 0 Å². The largest absolute Gasteiger partial charge is 0.494 e. The van der Waals surface area contributed by atoms with E-state index in [0.29, 0.717) is 41.4 Å². The zero-order valence-corrected chi connectivity index (χ0v) is 17.7. The molecule has 32 heavy (non-hydrogen) atoms. The van der Waals surface area contributed by atoms with Gasteiger partial charge in [0.2, 0.25) is 5.95 Å². The predicted molar refractivity (Wildman–Crippen MR) is 122 cm³/mol. The third-order valence-electron chi connectivity index (χ3n) is 5.36. The van der Waals surface area contributed by atoms with Crippen molar-refractivity contribution in [1.82, 2.24) is 24.7 Å². The smallest absolute Gasteiger partial charge is 0.261 e. The van der Waals surface area contributed by atoms with Crippen LogP contribution in [0.15, 0.2) is 55.0 Å². The number of benzene rings is 2. The van der Waals surface area contributed by atoms with Crippen molar-refractivity contribution in [2.45, 2.75) is 6.54 Å². The van der Waals surface area contributed by atoms with Crippen molar-refractivity contribution >= 4 is 33.8 Å². The molecular formula is C23H22N6O3. The van der Waals surface area contributed by atoms with Crippen LogP contribution in [0.5, 0.6) is 5.75 Å². The average molecular weight is 430 g/mol. The van der Waals surface area contributed by atoms with Crippen molar-refractivity contribution in [2.75, 3.05) is 26.1 Å². The number of hydrogen-bond donors (Lipinski definition) is 3. The van der Waals surface area contributed by atoms with Gasteiger partial charge >= 0.3 is 0 Å². The van der Waals surface area contributed by atoms with Crippen LogP contribution in [-0.4, -0.2) is 51.5 Å². The third kappa shape index (κ3) is 3.48. The molecule has 0 atom stereocenters. The summed E-state index contributed by atoms with van der Waals surface area (Å²) in [6.45, 7) is 1.09. The first-order valence-electron chi connectivity index (χ1n) is 10.1. The number of imidazole rings is 1. The number of rotatable bonds is 7. The number of para-hydroxylation sites is 1. The second-order valence-corrected chi connectivity index (χ2v) is 7.31. The van der Waals surface area contributed by atoms with Gasteiger partial charge in [-0.25, -0.2) is 4.98 Å². The maximum atomic E-state index is 12.7. The van der Waals surface area contributed by atoms with E-state index < -0.39 is 0 Å². The molecule has 0 saturated carbocycles. The minimum Gasteiger partial charge on any atom is -0.494 e. The lowest BCUT2D eigenvalue weighted by Crippen LogP contribution is -2.12. The fourth-order valence-electron chi connectivity index (χ4n) is 3.79. The Morgan fingerprint density at radius 2 is 2.03 bits per heavy atom. The molecule has 0 radical (unpaired) electrons. The summed E-state index contributed by atoms with van der Waals surface area (Å²) in [5.74, 6) is 0.668. The van der Waals surface area contributed by atoms with Gasteiger partial charge in [-0.3, -0.25) is 14.8 Å². The SMILES string of the molecule is COCCn1cc(C(=O)Nc2nc3c(-c4cccc5cc[nH]c45)ccc(OC)c3[nH]2)cn1. The topological polar surface area (TPSA) is 110 Å². The van der Waals surface area contributed by atoms with E-state index in [1.54, 1.807) is 25.1 Å². The molecule has 3 aromatic heterocycles. The van der Waals surface area contributed by atoms with Crippen LogP contribution in [0.2, 0.25) is 0 Å². The van der Waals surface area contributed by atoms with Crippen LogP contribution < -0.4 is 10.1 Å². The maximum absolute atomic E-state index is 12.7. The molecule has 0 saturated heterocycles. The minimum atomic E-state index is -0.306. The molecular weight excluding hydrogens is 408 g/mol. The number of aromatic nitrogens is 5. The molecule has 0 unspecified atom stereocenters. The minimum absolute atomic E-state index is 0.306. The van der Waals surface area contributed by atoms with E-state index in [9.17, 15) is 4.79 Å². The lowest BCUT2D eigenvalue weighted by Gasteiger charge is -2.07. The fraction of sp³-hybridized carbons (Fsp3) is 0.174. The zero-order valence-electron chi connectivity index (χ0n) is 17.7. The van der Waals surface area contributed by atoms with Crippen molar-refractivity contribution in [2.24, 2.45) is 0 Å². The summed E-state index contributed by atoms with van der Waals surface area (Å²) in [5, 5.41) is 8.12. The molecule has 3 N–H and O–H groups in total. The second kappa shape index (κ2) is 8.20. The van der Waals surface area contributed by atoms with Crippen molar-refractivity contribution < 1.29 is 14.3 Å². The van der Waals surface area contributed by atoms with E-state index in [0.717, 1.165) is 22.0 Å². The van der Waals surface area contributed by atoms with Crippen molar-refractivity contribution in [1.29, 1.82) is 0 Å². The van der Waals surface area contributed by atoms with Gasteiger partial charge in [-0.1, -0.05) is 18.2 Å². The van der Waals surface area contributed by atoms with Crippen LogP contribution in [0.1, 0.15) is 10.4 Å². The molecule has 0 aliphatic rings. The Kier molecular flexibility index (Phi) is 5.08. The number of aromatic amines is 2. The van der Waals surface area contributed by atoms with E-state index in [2.05, 4.69) is 31.4 Å². The molecule has 0 fully saturated rings. The highest BCUT2D eigenvalue weighted by atomic mass is 16.5. The van der Waals surface area contributed by atoms with Gasteiger partial charge in [0.05, 0.1) is 37.5 Å². The summed E-state index contributed by atoms with van der Waals surface area (Å²) in [4.78, 5) is 23.9. The standard InChI is InChI=1S/C23H22N6O3/c1-31-11-10-29-13-15(12-25-29)22(30)28-23-26-20-17(6-7-18(32-2)21(20)27-23)16-5-3-4-14-8-9-24-19(14)16/h3-9,12-13,24H,10-11H2,1-2H3,(H2,26,27,28,30). The summed E-state index contributed by atoms with van der Waals surface area (Å²) in [6.07, 6.45) is 5.11. The number of hydrogen-bond acceptors (Lipinski definition) is 5. The van der Waals surface area contributed by atoms with E-state index in [1.165, 1.54) is 6.20 Å². The van der Waals surface area contributed by atoms with Gasteiger partial charge in [-0.15, -0.1) is 0 Å². The predicted octanol–water partition coefficient (Wildman–Crippen LogP) is 3.82. The van der Waals surface area contributed by atoms with E-state index in [1.807, 2.05) is 36.5 Å². The van der Waals surface area contributed by atoms with Gasteiger partial charge in [0.25, 0.3) is 5.91 Å². The molecule has 0 bridgehead atoms. The Morgan fingerprint density at radius 1 is 1.12 bits per heavy atom. The Labute approximate surface area is 183 Å². The molecule has 3 heterocycles. The van der Waals surface area contributed by atoms with Crippen molar-refractivity contribution in [3.05, 3.63) is 60.6 Å². The molecule has 5 aromatic rings. The molecule has 9 nitrogen and oxygen atoms in total. The number of carbonyl (C=O) groups excluding carboxylic acids is 1. The lowest BCUT2D eigenvalue weighted by atomic mass is 10.0. The molecule has 1 amide bonds. The lowest BCUT2D eigenvalue weighted by molar-refractivity contribution is 0.102. The van der Waals surface area contributed by atoms with Crippen molar-refractivity contribution in [3.8, 4) is 16.9 Å². The van der Waals surface area contributed by atoms with Gasteiger partial charge in [-0.05, 0) is 23.6 Å². The Bertz CT molecular complexity index is 1410. The summed E-state index contributed by atoms with van der Waals surface area (Å²) in [5.41, 5.74) is 4.82. The van der Waals surface area contributed by atoms with Crippen LogP contribution in [0, 0.1) is 0 Å². The Morgan fingerprint density at radius 3 is 2.88 bits per heavy atom. The average Bonchev–Trinajstić information content (AvgIpc) is 3.55. The number of ether oxygens (including phenoxy) is 2. The van der Waals surface area contributed by atoms with Crippen LogP contribution in [0.25, 0.3) is 33.1 Å². The number of amides is 1. The number of carbonyl (C=O) groups is 1. The first-order valence-corrected chi connectivity index (χ1v) is 10.1. The monoisotopic (exact) mass is 430 g/mol. The quantitative estimate of drug-likeness (QED) is 0.364. The summed E-state index contributed by atoms with van der Waals surface area (Å²) in [7, 11) is 3.23. The zero-order chi connectivity index (χ0) is 22.1. The molecule has 0 aliphatic heterocycles. The van der Waals surface area contributed by atoms with Crippen LogP contribution >= 0.6 is 0 Å². The molecule has 2 aromatic carbocycles. The van der Waals surface area contributed by atoms with Gasteiger partial charge in [-0.2, -0.15) is 5.10 Å². The summed E-state index contributed by atoms with van der Waals surface area (Å²) in [6, 6.07) is 12.0. The molecule has 0 aliphatic carbocycles. The molecule has 0 spiro atoms. The van der Waals surface area contributed by atoms with Crippen LogP contribution in [0.3, 0.4) is 0 Å². The first kappa shape index (κ1) is 19.8. The number of nitrogens with one attached hydrogen (secondary N) is 3. The van der Waals surface area contributed by atoms with E-state index in [-0.39, 0.29) is 5.91 Å². The Balaban J connectivity index is 1.51.